The Balaban J connectivity index is 1.74. The number of rotatable bonds is 5. The van der Waals surface area contributed by atoms with Crippen molar-refractivity contribution < 1.29 is 9.53 Å². The minimum atomic E-state index is -0.178. The molecule has 0 aliphatic carbocycles. The van der Waals surface area contributed by atoms with E-state index >= 15 is 0 Å². The van der Waals surface area contributed by atoms with Crippen molar-refractivity contribution in [1.29, 1.82) is 0 Å². The number of ketones is 1. The van der Waals surface area contributed by atoms with E-state index in [1.54, 1.807) is 24.4 Å². The van der Waals surface area contributed by atoms with Crippen LogP contribution >= 0.6 is 11.3 Å². The Bertz CT molecular complexity index is 784. The van der Waals surface area contributed by atoms with Gasteiger partial charge in [-0.1, -0.05) is 36.4 Å². The van der Waals surface area contributed by atoms with Gasteiger partial charge in [-0.25, -0.2) is 9.97 Å². The van der Waals surface area contributed by atoms with Crippen molar-refractivity contribution in [2.24, 2.45) is 0 Å². The lowest BCUT2D eigenvalue weighted by Gasteiger charge is -2.06. The summed E-state index contributed by atoms with van der Waals surface area (Å²) < 4.78 is 5.64. The van der Waals surface area contributed by atoms with E-state index in [1.807, 2.05) is 37.3 Å². The van der Waals surface area contributed by atoms with E-state index in [0.717, 1.165) is 10.4 Å². The average Bonchev–Trinajstić information content (AvgIpc) is 3.00. The van der Waals surface area contributed by atoms with Crippen LogP contribution < -0.4 is 4.74 Å². The number of nitrogens with zero attached hydrogens (tertiary/aromatic N) is 2. The number of aryl methyl sites for hydroxylation is 1. The Kier molecular flexibility index (Phi) is 4.25. The molecule has 5 heteroatoms. The van der Waals surface area contributed by atoms with Gasteiger partial charge in [0.25, 0.3) is 0 Å². The second kappa shape index (κ2) is 6.49. The SMILES string of the molecule is Cc1cnc(C(=O)c2cccc(OCc3ccccc3)n2)s1. The second-order valence-corrected chi connectivity index (χ2v) is 5.98. The molecule has 0 fully saturated rings. The third-order valence-corrected chi connectivity index (χ3v) is 3.91. The van der Waals surface area contributed by atoms with E-state index in [4.69, 9.17) is 4.74 Å². The van der Waals surface area contributed by atoms with Crippen molar-refractivity contribution in [1.82, 2.24) is 9.97 Å². The van der Waals surface area contributed by atoms with Crippen molar-refractivity contribution in [2.45, 2.75) is 13.5 Å². The molecule has 0 radical (unpaired) electrons. The molecule has 110 valence electrons. The highest BCUT2D eigenvalue weighted by molar-refractivity contribution is 7.13. The predicted molar refractivity (Wildman–Crippen MR) is 85.3 cm³/mol. The Labute approximate surface area is 132 Å². The molecule has 0 unspecified atom stereocenters. The fourth-order valence-corrected chi connectivity index (χ4v) is 2.64. The standard InChI is InChI=1S/C17H14N2O2S/c1-12-10-18-17(22-12)16(20)14-8-5-9-15(19-14)21-11-13-6-3-2-4-7-13/h2-10H,11H2,1H3. The van der Waals surface area contributed by atoms with E-state index in [9.17, 15) is 4.79 Å². The van der Waals surface area contributed by atoms with Crippen LogP contribution in [-0.4, -0.2) is 15.8 Å². The van der Waals surface area contributed by atoms with Gasteiger partial charge in [0.1, 0.15) is 12.3 Å². The molecule has 0 saturated heterocycles. The van der Waals surface area contributed by atoms with Crippen LogP contribution in [0, 0.1) is 6.92 Å². The fraction of sp³-hybridized carbons (Fsp3) is 0.118. The number of benzene rings is 1. The number of pyridine rings is 1. The predicted octanol–water partition coefficient (Wildman–Crippen LogP) is 3.66. The Hall–Kier alpha value is -2.53. The van der Waals surface area contributed by atoms with E-state index in [-0.39, 0.29) is 5.78 Å². The summed E-state index contributed by atoms with van der Waals surface area (Å²) >= 11 is 1.37. The van der Waals surface area contributed by atoms with E-state index in [1.165, 1.54) is 11.3 Å². The normalized spacial score (nSPS) is 10.4. The van der Waals surface area contributed by atoms with Gasteiger partial charge in [-0.15, -0.1) is 11.3 Å². The zero-order valence-corrected chi connectivity index (χ0v) is 12.8. The van der Waals surface area contributed by atoms with Gasteiger partial charge in [-0.2, -0.15) is 0 Å². The van der Waals surface area contributed by atoms with Gasteiger partial charge in [0.15, 0.2) is 5.01 Å². The summed E-state index contributed by atoms with van der Waals surface area (Å²) in [7, 11) is 0. The van der Waals surface area contributed by atoms with Gasteiger partial charge in [-0.3, -0.25) is 4.79 Å². The van der Waals surface area contributed by atoms with Crippen molar-refractivity contribution in [2.75, 3.05) is 0 Å². The third-order valence-electron chi connectivity index (χ3n) is 3.00. The molecule has 0 N–H and O–H groups in total. The zero-order chi connectivity index (χ0) is 15.4. The Morgan fingerprint density at radius 1 is 1.14 bits per heavy atom. The molecule has 0 saturated carbocycles. The first-order chi connectivity index (χ1) is 10.7. The summed E-state index contributed by atoms with van der Waals surface area (Å²) in [5.41, 5.74) is 1.40. The van der Waals surface area contributed by atoms with Crippen molar-refractivity contribution in [3.63, 3.8) is 0 Å². The lowest BCUT2D eigenvalue weighted by molar-refractivity contribution is 0.103. The summed E-state index contributed by atoms with van der Waals surface area (Å²) in [6, 6.07) is 15.0. The quantitative estimate of drug-likeness (QED) is 0.675. The number of carbonyl (C=O) groups excluding carboxylic acids is 1. The van der Waals surface area contributed by atoms with Gasteiger partial charge in [0.05, 0.1) is 0 Å². The topological polar surface area (TPSA) is 52.1 Å². The van der Waals surface area contributed by atoms with E-state index in [0.29, 0.717) is 23.2 Å². The van der Waals surface area contributed by atoms with Crippen LogP contribution in [0.15, 0.2) is 54.7 Å². The molecular formula is C17H14N2O2S. The van der Waals surface area contributed by atoms with Crippen LogP contribution in [0.1, 0.15) is 25.9 Å². The highest BCUT2D eigenvalue weighted by Gasteiger charge is 2.15. The first kappa shape index (κ1) is 14.4. The molecule has 0 atom stereocenters. The smallest absolute Gasteiger partial charge is 0.239 e. The number of thiazole rings is 1. The minimum Gasteiger partial charge on any atom is -0.473 e. The Morgan fingerprint density at radius 2 is 1.95 bits per heavy atom. The highest BCUT2D eigenvalue weighted by Crippen LogP contribution is 2.17. The minimum absolute atomic E-state index is 0.178. The maximum Gasteiger partial charge on any atom is 0.239 e. The van der Waals surface area contributed by atoms with Gasteiger partial charge < -0.3 is 4.74 Å². The molecule has 3 aromatic rings. The van der Waals surface area contributed by atoms with E-state index < -0.39 is 0 Å². The summed E-state index contributed by atoms with van der Waals surface area (Å²) in [5.74, 6) is 0.256. The van der Waals surface area contributed by atoms with Gasteiger partial charge >= 0.3 is 0 Å². The molecule has 2 aromatic heterocycles. The zero-order valence-electron chi connectivity index (χ0n) is 12.0. The van der Waals surface area contributed by atoms with Crippen molar-refractivity contribution in [3.8, 4) is 5.88 Å². The van der Waals surface area contributed by atoms with Gasteiger partial charge in [-0.05, 0) is 18.6 Å². The molecule has 22 heavy (non-hydrogen) atoms. The number of hydrogen-bond acceptors (Lipinski definition) is 5. The van der Waals surface area contributed by atoms with Crippen LogP contribution in [0.2, 0.25) is 0 Å². The average molecular weight is 310 g/mol. The highest BCUT2D eigenvalue weighted by atomic mass is 32.1. The first-order valence-electron chi connectivity index (χ1n) is 6.83. The van der Waals surface area contributed by atoms with Gasteiger partial charge in [0, 0.05) is 17.1 Å². The summed E-state index contributed by atoms with van der Waals surface area (Å²) in [4.78, 5) is 21.7. The Morgan fingerprint density at radius 3 is 2.68 bits per heavy atom. The summed E-state index contributed by atoms with van der Waals surface area (Å²) in [5, 5.41) is 0.449. The molecule has 0 amide bonds. The molecule has 4 nitrogen and oxygen atoms in total. The van der Waals surface area contributed by atoms with Crippen LogP contribution in [0.5, 0.6) is 5.88 Å². The lowest BCUT2D eigenvalue weighted by atomic mass is 10.2. The van der Waals surface area contributed by atoms with Crippen LogP contribution in [-0.2, 0) is 6.61 Å². The van der Waals surface area contributed by atoms with Crippen molar-refractivity contribution >= 4 is 17.1 Å². The number of carbonyl (C=O) groups is 1. The van der Waals surface area contributed by atoms with Crippen LogP contribution in [0.25, 0.3) is 0 Å². The molecule has 0 aliphatic heterocycles. The van der Waals surface area contributed by atoms with Crippen LogP contribution in [0.3, 0.4) is 0 Å². The molecule has 3 rings (SSSR count). The number of aromatic nitrogens is 2. The maximum atomic E-state index is 12.3. The maximum absolute atomic E-state index is 12.3. The summed E-state index contributed by atoms with van der Waals surface area (Å²) in [6.45, 7) is 2.34. The third kappa shape index (κ3) is 3.38. The molecule has 1 aromatic carbocycles. The largest absolute Gasteiger partial charge is 0.473 e. The van der Waals surface area contributed by atoms with Crippen molar-refractivity contribution in [3.05, 3.63) is 75.9 Å². The molecule has 0 bridgehead atoms. The molecule has 0 spiro atoms. The molecular weight excluding hydrogens is 296 g/mol. The monoisotopic (exact) mass is 310 g/mol. The summed E-state index contributed by atoms with van der Waals surface area (Å²) in [6.07, 6.45) is 1.69. The van der Waals surface area contributed by atoms with E-state index in [2.05, 4.69) is 9.97 Å². The second-order valence-electron chi connectivity index (χ2n) is 4.74. The number of ether oxygens (including phenoxy) is 1. The molecule has 0 aliphatic rings. The molecule has 2 heterocycles. The first-order valence-corrected chi connectivity index (χ1v) is 7.65. The number of hydrogen-bond donors (Lipinski definition) is 0. The van der Waals surface area contributed by atoms with Gasteiger partial charge in [0.2, 0.25) is 11.7 Å². The lowest BCUT2D eigenvalue weighted by Crippen LogP contribution is -2.05. The van der Waals surface area contributed by atoms with Crippen LogP contribution in [0.4, 0.5) is 0 Å². The fourth-order valence-electron chi connectivity index (χ4n) is 1.92.